The highest BCUT2D eigenvalue weighted by Gasteiger charge is 2.12. The van der Waals surface area contributed by atoms with Gasteiger partial charge >= 0.3 is 0 Å². The first-order valence-corrected chi connectivity index (χ1v) is 6.48. The molecule has 1 aliphatic heterocycles. The van der Waals surface area contributed by atoms with Crippen molar-refractivity contribution in [2.24, 2.45) is 0 Å². The molecule has 0 unspecified atom stereocenters. The molecule has 0 atom stereocenters. The van der Waals surface area contributed by atoms with Crippen LogP contribution >= 0.6 is 23.4 Å². The van der Waals surface area contributed by atoms with Gasteiger partial charge in [-0.2, -0.15) is 11.8 Å². The van der Waals surface area contributed by atoms with E-state index in [1.54, 1.807) is 0 Å². The maximum Gasteiger partial charge on any atom is 0.0426 e. The van der Waals surface area contributed by atoms with Crippen LogP contribution in [0.4, 0.5) is 5.69 Å². The summed E-state index contributed by atoms with van der Waals surface area (Å²) in [6, 6.07) is 8.59. The number of anilines is 1. The van der Waals surface area contributed by atoms with Gasteiger partial charge in [0.15, 0.2) is 0 Å². The van der Waals surface area contributed by atoms with Crippen molar-refractivity contribution in [3.63, 3.8) is 0 Å². The van der Waals surface area contributed by atoms with Crippen LogP contribution in [0.2, 0.25) is 5.02 Å². The van der Waals surface area contributed by atoms with Gasteiger partial charge in [0, 0.05) is 16.8 Å². The molecule has 0 amide bonds. The Morgan fingerprint density at radius 1 is 1.29 bits per heavy atom. The van der Waals surface area contributed by atoms with Crippen molar-refractivity contribution in [2.45, 2.75) is 18.9 Å². The summed E-state index contributed by atoms with van der Waals surface area (Å²) in [4.78, 5) is 0. The summed E-state index contributed by atoms with van der Waals surface area (Å²) < 4.78 is 0. The SMILES string of the molecule is Clc1cccc(NC2CCSCC2)c1. The van der Waals surface area contributed by atoms with E-state index >= 15 is 0 Å². The molecule has 0 aromatic heterocycles. The van der Waals surface area contributed by atoms with E-state index in [1.807, 2.05) is 30.0 Å². The molecule has 14 heavy (non-hydrogen) atoms. The van der Waals surface area contributed by atoms with Crippen LogP contribution in [0.25, 0.3) is 0 Å². The fraction of sp³-hybridized carbons (Fsp3) is 0.455. The average molecular weight is 228 g/mol. The minimum Gasteiger partial charge on any atom is -0.382 e. The van der Waals surface area contributed by atoms with Crippen LogP contribution in [0, 0.1) is 0 Å². The quantitative estimate of drug-likeness (QED) is 0.828. The van der Waals surface area contributed by atoms with E-state index in [1.165, 1.54) is 24.3 Å². The van der Waals surface area contributed by atoms with Crippen molar-refractivity contribution >= 4 is 29.1 Å². The van der Waals surface area contributed by atoms with Gasteiger partial charge in [-0.3, -0.25) is 0 Å². The Morgan fingerprint density at radius 2 is 2.07 bits per heavy atom. The third-order valence-corrected chi connectivity index (χ3v) is 3.70. The molecule has 2 rings (SSSR count). The second-order valence-electron chi connectivity index (χ2n) is 3.54. The van der Waals surface area contributed by atoms with Crippen LogP contribution in [0.3, 0.4) is 0 Å². The minimum atomic E-state index is 0.634. The Balaban J connectivity index is 1.95. The second kappa shape index (κ2) is 4.94. The first kappa shape index (κ1) is 10.2. The largest absolute Gasteiger partial charge is 0.382 e. The monoisotopic (exact) mass is 227 g/mol. The zero-order valence-corrected chi connectivity index (χ0v) is 9.57. The van der Waals surface area contributed by atoms with Gasteiger partial charge in [-0.25, -0.2) is 0 Å². The molecule has 1 fully saturated rings. The molecule has 1 aromatic carbocycles. The Bertz CT molecular complexity index is 297. The molecule has 0 radical (unpaired) electrons. The first-order chi connectivity index (χ1) is 6.84. The summed E-state index contributed by atoms with van der Waals surface area (Å²) in [5, 5.41) is 4.33. The third-order valence-electron chi connectivity index (χ3n) is 2.42. The molecule has 0 saturated carbocycles. The average Bonchev–Trinajstić information content (AvgIpc) is 2.19. The Hall–Kier alpha value is -0.340. The van der Waals surface area contributed by atoms with Crippen LogP contribution < -0.4 is 5.32 Å². The maximum absolute atomic E-state index is 5.92. The minimum absolute atomic E-state index is 0.634. The van der Waals surface area contributed by atoms with E-state index in [0.29, 0.717) is 6.04 Å². The zero-order chi connectivity index (χ0) is 9.80. The normalized spacial score (nSPS) is 18.1. The van der Waals surface area contributed by atoms with Gasteiger partial charge in [-0.15, -0.1) is 0 Å². The molecule has 0 bridgehead atoms. The lowest BCUT2D eigenvalue weighted by molar-refractivity contribution is 0.667. The molecule has 3 heteroatoms. The fourth-order valence-electron chi connectivity index (χ4n) is 1.66. The molecular formula is C11H14ClNS. The van der Waals surface area contributed by atoms with E-state index in [-0.39, 0.29) is 0 Å². The van der Waals surface area contributed by atoms with E-state index < -0.39 is 0 Å². The zero-order valence-electron chi connectivity index (χ0n) is 8.00. The van der Waals surface area contributed by atoms with Gasteiger partial charge in [-0.05, 0) is 42.5 Å². The Morgan fingerprint density at radius 3 is 2.79 bits per heavy atom. The molecule has 1 saturated heterocycles. The van der Waals surface area contributed by atoms with Gasteiger partial charge in [-0.1, -0.05) is 17.7 Å². The highest BCUT2D eigenvalue weighted by atomic mass is 35.5. The van der Waals surface area contributed by atoms with Gasteiger partial charge in [0.25, 0.3) is 0 Å². The van der Waals surface area contributed by atoms with Crippen LogP contribution in [-0.2, 0) is 0 Å². The van der Waals surface area contributed by atoms with E-state index in [0.717, 1.165) is 10.7 Å². The van der Waals surface area contributed by atoms with Crippen molar-refractivity contribution in [1.29, 1.82) is 0 Å². The van der Waals surface area contributed by atoms with Crippen LogP contribution in [0.15, 0.2) is 24.3 Å². The highest BCUT2D eigenvalue weighted by Crippen LogP contribution is 2.22. The van der Waals surface area contributed by atoms with E-state index in [4.69, 9.17) is 11.6 Å². The fourth-order valence-corrected chi connectivity index (χ4v) is 2.95. The molecule has 1 aliphatic rings. The molecule has 1 aromatic rings. The standard InChI is InChI=1S/C11H14ClNS/c12-9-2-1-3-11(8-9)13-10-4-6-14-7-5-10/h1-3,8,10,13H,4-7H2. The van der Waals surface area contributed by atoms with Crippen LogP contribution in [0.5, 0.6) is 0 Å². The number of nitrogens with one attached hydrogen (secondary N) is 1. The number of hydrogen-bond acceptors (Lipinski definition) is 2. The summed E-state index contributed by atoms with van der Waals surface area (Å²) in [7, 11) is 0. The van der Waals surface area contributed by atoms with E-state index in [2.05, 4.69) is 11.4 Å². The lowest BCUT2D eigenvalue weighted by atomic mass is 10.1. The second-order valence-corrected chi connectivity index (χ2v) is 5.20. The van der Waals surface area contributed by atoms with E-state index in [9.17, 15) is 0 Å². The number of hydrogen-bond donors (Lipinski definition) is 1. The number of rotatable bonds is 2. The van der Waals surface area contributed by atoms with Crippen LogP contribution in [-0.4, -0.2) is 17.5 Å². The Kier molecular flexibility index (Phi) is 3.60. The Labute approximate surface area is 94.2 Å². The molecule has 1 heterocycles. The van der Waals surface area contributed by atoms with Crippen LogP contribution in [0.1, 0.15) is 12.8 Å². The lowest BCUT2D eigenvalue weighted by Crippen LogP contribution is -2.24. The van der Waals surface area contributed by atoms with Gasteiger partial charge in [0.2, 0.25) is 0 Å². The molecule has 1 nitrogen and oxygen atoms in total. The molecular weight excluding hydrogens is 214 g/mol. The van der Waals surface area contributed by atoms with Crippen molar-refractivity contribution in [3.8, 4) is 0 Å². The predicted molar refractivity (Wildman–Crippen MR) is 65.4 cm³/mol. The summed E-state index contributed by atoms with van der Waals surface area (Å²) in [5.74, 6) is 2.55. The summed E-state index contributed by atoms with van der Waals surface area (Å²) in [5.41, 5.74) is 1.15. The summed E-state index contributed by atoms with van der Waals surface area (Å²) >= 11 is 7.96. The lowest BCUT2D eigenvalue weighted by Gasteiger charge is -2.23. The predicted octanol–water partition coefficient (Wildman–Crippen LogP) is 3.65. The summed E-state index contributed by atoms with van der Waals surface area (Å²) in [6.07, 6.45) is 2.52. The first-order valence-electron chi connectivity index (χ1n) is 4.94. The topological polar surface area (TPSA) is 12.0 Å². The highest BCUT2D eigenvalue weighted by molar-refractivity contribution is 7.99. The van der Waals surface area contributed by atoms with Crippen molar-refractivity contribution in [2.75, 3.05) is 16.8 Å². The van der Waals surface area contributed by atoms with Crippen molar-refractivity contribution in [3.05, 3.63) is 29.3 Å². The van der Waals surface area contributed by atoms with Gasteiger partial charge in [0.1, 0.15) is 0 Å². The number of thioether (sulfide) groups is 1. The van der Waals surface area contributed by atoms with Crippen molar-refractivity contribution in [1.82, 2.24) is 0 Å². The molecule has 76 valence electrons. The number of benzene rings is 1. The van der Waals surface area contributed by atoms with Gasteiger partial charge in [0.05, 0.1) is 0 Å². The number of halogens is 1. The smallest absolute Gasteiger partial charge is 0.0426 e. The molecule has 0 aliphatic carbocycles. The summed E-state index contributed by atoms with van der Waals surface area (Å²) in [6.45, 7) is 0. The maximum atomic E-state index is 5.92. The molecule has 1 N–H and O–H groups in total. The van der Waals surface area contributed by atoms with Crippen molar-refractivity contribution < 1.29 is 0 Å². The van der Waals surface area contributed by atoms with Gasteiger partial charge < -0.3 is 5.32 Å². The third kappa shape index (κ3) is 2.82. The molecule has 0 spiro atoms.